The van der Waals surface area contributed by atoms with Gasteiger partial charge in [0.25, 0.3) is 0 Å². The lowest BCUT2D eigenvalue weighted by atomic mass is 9.74. The molecule has 0 aromatic carbocycles. The van der Waals surface area contributed by atoms with Crippen molar-refractivity contribution >= 4 is 0 Å². The normalized spacial score (nSPS) is 34.3. The number of hydrogen-bond donors (Lipinski definition) is 1. The predicted octanol–water partition coefficient (Wildman–Crippen LogP) is 1.91. The first-order chi connectivity index (χ1) is 4.13. The number of hydrogen-bond acceptors (Lipinski definition) is 1. The first kappa shape index (κ1) is 7.07. The molecule has 0 saturated heterocycles. The highest BCUT2D eigenvalue weighted by Crippen LogP contribution is 2.33. The third-order valence-corrected chi connectivity index (χ3v) is 2.59. The summed E-state index contributed by atoms with van der Waals surface area (Å²) in [5, 5.41) is 0. The lowest BCUT2D eigenvalue weighted by Crippen LogP contribution is -2.39. The molecule has 0 spiro atoms. The van der Waals surface area contributed by atoms with Gasteiger partial charge in [-0.05, 0) is 18.3 Å². The van der Waals surface area contributed by atoms with Gasteiger partial charge in [0.1, 0.15) is 0 Å². The third-order valence-electron chi connectivity index (χ3n) is 2.59. The molecule has 1 rings (SSSR count). The molecule has 9 heavy (non-hydrogen) atoms. The average Bonchev–Trinajstić information content (AvgIpc) is 1.77. The third kappa shape index (κ3) is 1.45. The Kier molecular flexibility index (Phi) is 1.80. The molecule has 1 fully saturated rings. The monoisotopic (exact) mass is 127 g/mol. The van der Waals surface area contributed by atoms with E-state index in [0.717, 1.165) is 0 Å². The minimum atomic E-state index is 0.415. The van der Waals surface area contributed by atoms with Crippen LogP contribution in [-0.2, 0) is 0 Å². The molecular formula is C8H17N. The summed E-state index contributed by atoms with van der Waals surface area (Å²) in [5.41, 5.74) is 6.33. The molecule has 2 N–H and O–H groups in total. The van der Waals surface area contributed by atoms with Crippen molar-refractivity contribution in [2.75, 3.05) is 0 Å². The average molecular weight is 127 g/mol. The summed E-state index contributed by atoms with van der Waals surface area (Å²) < 4.78 is 0. The van der Waals surface area contributed by atoms with Gasteiger partial charge in [0, 0.05) is 6.04 Å². The van der Waals surface area contributed by atoms with Crippen LogP contribution in [0.2, 0.25) is 0 Å². The standard InChI is InChI=1S/C8H17N/c1-8(2)6-4-3-5-7(8)9/h7H,3-6,9H2,1-2H3/t7-/m0/s1. The molecule has 0 unspecified atom stereocenters. The Morgan fingerprint density at radius 3 is 2.33 bits per heavy atom. The van der Waals surface area contributed by atoms with Gasteiger partial charge < -0.3 is 5.73 Å². The minimum Gasteiger partial charge on any atom is -0.327 e. The molecule has 1 atom stereocenters. The van der Waals surface area contributed by atoms with Crippen LogP contribution in [0.4, 0.5) is 0 Å². The number of nitrogens with two attached hydrogens (primary N) is 1. The van der Waals surface area contributed by atoms with Crippen LogP contribution >= 0.6 is 0 Å². The second-order valence-corrected chi connectivity index (χ2v) is 3.84. The van der Waals surface area contributed by atoms with E-state index in [1.165, 1.54) is 25.7 Å². The Morgan fingerprint density at radius 1 is 1.33 bits per heavy atom. The van der Waals surface area contributed by atoms with E-state index in [4.69, 9.17) is 5.73 Å². The van der Waals surface area contributed by atoms with Crippen molar-refractivity contribution in [3.05, 3.63) is 0 Å². The van der Waals surface area contributed by atoms with E-state index in [0.29, 0.717) is 11.5 Å². The van der Waals surface area contributed by atoms with Gasteiger partial charge in [0.15, 0.2) is 0 Å². The van der Waals surface area contributed by atoms with E-state index in [1.807, 2.05) is 0 Å². The van der Waals surface area contributed by atoms with E-state index >= 15 is 0 Å². The molecule has 1 saturated carbocycles. The van der Waals surface area contributed by atoms with E-state index in [1.54, 1.807) is 0 Å². The van der Waals surface area contributed by atoms with Crippen molar-refractivity contribution in [3.63, 3.8) is 0 Å². The molecule has 0 aromatic heterocycles. The summed E-state index contributed by atoms with van der Waals surface area (Å²) in [7, 11) is 0. The summed E-state index contributed by atoms with van der Waals surface area (Å²) in [4.78, 5) is 0. The van der Waals surface area contributed by atoms with Crippen LogP contribution in [0, 0.1) is 5.41 Å². The zero-order valence-electron chi connectivity index (χ0n) is 6.48. The summed E-state index contributed by atoms with van der Waals surface area (Å²) in [6, 6.07) is 0.450. The lowest BCUT2D eigenvalue weighted by Gasteiger charge is -2.35. The molecule has 0 amide bonds. The summed E-state index contributed by atoms with van der Waals surface area (Å²) >= 11 is 0. The molecule has 1 heteroatoms. The van der Waals surface area contributed by atoms with Crippen LogP contribution in [0.5, 0.6) is 0 Å². The number of rotatable bonds is 0. The molecule has 1 nitrogen and oxygen atoms in total. The molecule has 1 aliphatic rings. The van der Waals surface area contributed by atoms with E-state index < -0.39 is 0 Å². The van der Waals surface area contributed by atoms with Gasteiger partial charge in [-0.1, -0.05) is 26.7 Å². The van der Waals surface area contributed by atoms with Crippen LogP contribution < -0.4 is 5.73 Å². The fraction of sp³-hybridized carbons (Fsp3) is 1.00. The summed E-state index contributed by atoms with van der Waals surface area (Å²) in [5.74, 6) is 0. The van der Waals surface area contributed by atoms with Crippen molar-refractivity contribution in [2.45, 2.75) is 45.6 Å². The summed E-state index contributed by atoms with van der Waals surface area (Å²) in [6.07, 6.45) is 5.26. The molecular weight excluding hydrogens is 110 g/mol. The highest BCUT2D eigenvalue weighted by molar-refractivity contribution is 4.84. The molecule has 0 heterocycles. The van der Waals surface area contributed by atoms with Crippen LogP contribution in [0.25, 0.3) is 0 Å². The first-order valence-corrected chi connectivity index (χ1v) is 3.88. The first-order valence-electron chi connectivity index (χ1n) is 3.88. The van der Waals surface area contributed by atoms with Crippen molar-refractivity contribution in [1.29, 1.82) is 0 Å². The van der Waals surface area contributed by atoms with Gasteiger partial charge in [-0.3, -0.25) is 0 Å². The second-order valence-electron chi connectivity index (χ2n) is 3.84. The van der Waals surface area contributed by atoms with Crippen molar-refractivity contribution in [2.24, 2.45) is 11.1 Å². The Balaban J connectivity index is 2.49. The second kappa shape index (κ2) is 2.30. The van der Waals surface area contributed by atoms with Crippen molar-refractivity contribution < 1.29 is 0 Å². The smallest absolute Gasteiger partial charge is 0.00902 e. The van der Waals surface area contributed by atoms with E-state index in [2.05, 4.69) is 13.8 Å². The fourth-order valence-electron chi connectivity index (χ4n) is 1.52. The maximum atomic E-state index is 5.91. The van der Waals surface area contributed by atoms with Gasteiger partial charge in [0.2, 0.25) is 0 Å². The van der Waals surface area contributed by atoms with Crippen LogP contribution in [0.3, 0.4) is 0 Å². The maximum Gasteiger partial charge on any atom is 0.00902 e. The SMILES string of the molecule is CC1(C)CCCC[C@@H]1N. The fourth-order valence-corrected chi connectivity index (χ4v) is 1.52. The Labute approximate surface area is 57.6 Å². The highest BCUT2D eigenvalue weighted by atomic mass is 14.7. The van der Waals surface area contributed by atoms with Crippen molar-refractivity contribution in [3.8, 4) is 0 Å². The van der Waals surface area contributed by atoms with Gasteiger partial charge in [-0.15, -0.1) is 0 Å². The molecule has 0 bridgehead atoms. The van der Waals surface area contributed by atoms with Crippen LogP contribution in [-0.4, -0.2) is 6.04 Å². The van der Waals surface area contributed by atoms with Crippen LogP contribution in [0.1, 0.15) is 39.5 Å². The molecule has 0 aliphatic heterocycles. The van der Waals surface area contributed by atoms with E-state index in [-0.39, 0.29) is 0 Å². The molecule has 1 aliphatic carbocycles. The van der Waals surface area contributed by atoms with Gasteiger partial charge >= 0.3 is 0 Å². The molecule has 0 aromatic rings. The quantitative estimate of drug-likeness (QED) is 0.528. The molecule has 54 valence electrons. The highest BCUT2D eigenvalue weighted by Gasteiger charge is 2.28. The topological polar surface area (TPSA) is 26.0 Å². The lowest BCUT2D eigenvalue weighted by molar-refractivity contribution is 0.202. The Morgan fingerprint density at radius 2 is 2.00 bits per heavy atom. The Hall–Kier alpha value is -0.0400. The maximum absolute atomic E-state index is 5.91. The Bertz CT molecular complexity index is 96.7. The minimum absolute atomic E-state index is 0.415. The van der Waals surface area contributed by atoms with Gasteiger partial charge in [0.05, 0.1) is 0 Å². The van der Waals surface area contributed by atoms with Crippen LogP contribution in [0.15, 0.2) is 0 Å². The van der Waals surface area contributed by atoms with Gasteiger partial charge in [-0.25, -0.2) is 0 Å². The van der Waals surface area contributed by atoms with E-state index in [9.17, 15) is 0 Å². The summed E-state index contributed by atoms with van der Waals surface area (Å²) in [6.45, 7) is 4.55. The zero-order valence-corrected chi connectivity index (χ0v) is 6.48. The van der Waals surface area contributed by atoms with Gasteiger partial charge in [-0.2, -0.15) is 0 Å². The van der Waals surface area contributed by atoms with Crippen molar-refractivity contribution in [1.82, 2.24) is 0 Å². The predicted molar refractivity (Wildman–Crippen MR) is 40.2 cm³/mol. The largest absolute Gasteiger partial charge is 0.327 e. The zero-order chi connectivity index (χ0) is 6.91. The molecule has 0 radical (unpaired) electrons.